The topological polar surface area (TPSA) is 67.8 Å². The van der Waals surface area contributed by atoms with Crippen molar-refractivity contribution < 1.29 is 18.0 Å². The highest BCUT2D eigenvalue weighted by molar-refractivity contribution is 5.70. The van der Waals surface area contributed by atoms with Crippen LogP contribution >= 0.6 is 0 Å². The Kier molecular flexibility index (Phi) is 19.4. The van der Waals surface area contributed by atoms with E-state index in [-0.39, 0.29) is 5.91 Å². The molecule has 1 aromatic rings. The predicted molar refractivity (Wildman–Crippen MR) is 137 cm³/mol. The van der Waals surface area contributed by atoms with Crippen LogP contribution in [0.5, 0.6) is 0 Å². The third kappa shape index (κ3) is 17.1. The molecule has 2 N–H and O–H groups in total. The minimum absolute atomic E-state index is 0.333. The summed E-state index contributed by atoms with van der Waals surface area (Å²) in [7, 11) is 1.46. The third-order valence-electron chi connectivity index (χ3n) is 3.60. The van der Waals surface area contributed by atoms with Gasteiger partial charge in [0.1, 0.15) is 0 Å². The highest BCUT2D eigenvalue weighted by Gasteiger charge is 2.29. The van der Waals surface area contributed by atoms with E-state index in [0.717, 1.165) is 25.0 Å². The van der Waals surface area contributed by atoms with E-state index in [1.165, 1.54) is 37.3 Å². The van der Waals surface area contributed by atoms with E-state index in [0.29, 0.717) is 5.69 Å². The maximum absolute atomic E-state index is 12.1. The third-order valence-corrected chi connectivity index (χ3v) is 3.60. The number of benzene rings is 1. The number of primary amides is 1. The number of carbonyl (C=O) groups excluding carboxylic acids is 1. The summed E-state index contributed by atoms with van der Waals surface area (Å²) in [6.45, 7) is 11.2. The average Bonchev–Trinajstić information content (AvgIpc) is 3.08. The number of alkyl halides is 3. The standard InChI is InChI=1S/C15H18.C8H7F3N2.C2H5NO.C2H6/c1-3-5-11-14(10-4-2)15-12-8-6-7-9-13-15;1-12-13-7-4-2-6(3-5-7)8(9,10)11;1-2(3)4;1-2/h4-12H,2-3,13H2,1H3;2-5H,1H3;1H3,(H2,3,4);1-2H3/b11-5-,14-10+;;;. The number of rotatable bonds is 5. The first kappa shape index (κ1) is 32.7. The molecule has 0 radical (unpaired) electrons. The lowest BCUT2D eigenvalue weighted by molar-refractivity contribution is -0.137. The maximum atomic E-state index is 12.1. The molecule has 1 amide bonds. The highest BCUT2D eigenvalue weighted by atomic mass is 19.4. The molecule has 0 atom stereocenters. The fourth-order valence-electron chi connectivity index (χ4n) is 2.27. The van der Waals surface area contributed by atoms with Crippen LogP contribution in [-0.4, -0.2) is 13.0 Å². The van der Waals surface area contributed by atoms with Gasteiger partial charge in [0.15, 0.2) is 0 Å². The molecule has 0 spiro atoms. The molecule has 0 bridgehead atoms. The number of hydrogen-bond acceptors (Lipinski definition) is 3. The van der Waals surface area contributed by atoms with Gasteiger partial charge in [0, 0.05) is 14.0 Å². The quantitative estimate of drug-likeness (QED) is 0.337. The molecular weight excluding hydrogens is 439 g/mol. The molecule has 7 heteroatoms. The molecule has 2 rings (SSSR count). The number of halogens is 3. The van der Waals surface area contributed by atoms with Crippen molar-refractivity contribution in [3.8, 4) is 0 Å². The van der Waals surface area contributed by atoms with Crippen LogP contribution in [-0.2, 0) is 11.0 Å². The number of nitrogens with two attached hydrogens (primary N) is 1. The van der Waals surface area contributed by atoms with Crippen molar-refractivity contribution in [1.82, 2.24) is 0 Å². The minimum Gasteiger partial charge on any atom is -0.370 e. The first-order valence-electron chi connectivity index (χ1n) is 10.9. The molecule has 0 heterocycles. The van der Waals surface area contributed by atoms with Crippen molar-refractivity contribution in [3.63, 3.8) is 0 Å². The van der Waals surface area contributed by atoms with Crippen LogP contribution in [0.1, 0.15) is 46.1 Å². The molecule has 1 aliphatic carbocycles. The molecular formula is C27H36F3N3O. The smallest absolute Gasteiger partial charge is 0.370 e. The van der Waals surface area contributed by atoms with Crippen molar-refractivity contribution in [1.29, 1.82) is 0 Å². The molecule has 1 aromatic carbocycles. The van der Waals surface area contributed by atoms with Crippen LogP contribution < -0.4 is 5.73 Å². The fraction of sp³-hybridized carbons (Fsp3) is 0.296. The normalized spacial score (nSPS) is 12.9. The van der Waals surface area contributed by atoms with E-state index in [2.05, 4.69) is 78.1 Å². The Hall–Kier alpha value is -3.48. The maximum Gasteiger partial charge on any atom is 0.416 e. The van der Waals surface area contributed by atoms with Gasteiger partial charge in [-0.25, -0.2) is 0 Å². The highest BCUT2D eigenvalue weighted by Crippen LogP contribution is 2.30. The Bertz CT molecular complexity index is 885. The van der Waals surface area contributed by atoms with E-state index in [1.54, 1.807) is 0 Å². The number of carbonyl (C=O) groups is 1. The second-order valence-corrected chi connectivity index (χ2v) is 6.33. The summed E-state index contributed by atoms with van der Waals surface area (Å²) >= 11 is 0. The SMILES string of the molecule is C=C/C=C(\C=C/CC)C1=CC=CC=CC1.CC.CC(N)=O.CN=Nc1ccc(C(F)(F)F)cc1. The lowest BCUT2D eigenvalue weighted by Crippen LogP contribution is -2.03. The summed E-state index contributed by atoms with van der Waals surface area (Å²) < 4.78 is 36.2. The van der Waals surface area contributed by atoms with Crippen LogP contribution in [0.2, 0.25) is 0 Å². The minimum atomic E-state index is -4.29. The van der Waals surface area contributed by atoms with E-state index in [4.69, 9.17) is 0 Å². The summed E-state index contributed by atoms with van der Waals surface area (Å²) in [5.41, 5.74) is 6.80. The monoisotopic (exact) mass is 475 g/mol. The van der Waals surface area contributed by atoms with Gasteiger partial charge in [-0.15, -0.1) is 0 Å². The first-order valence-corrected chi connectivity index (χ1v) is 10.9. The summed E-state index contributed by atoms with van der Waals surface area (Å²) in [5, 5.41) is 7.03. The van der Waals surface area contributed by atoms with Gasteiger partial charge in [0.2, 0.25) is 5.91 Å². The fourth-order valence-corrected chi connectivity index (χ4v) is 2.27. The van der Waals surface area contributed by atoms with Gasteiger partial charge in [-0.05, 0) is 48.3 Å². The van der Waals surface area contributed by atoms with Crippen LogP contribution in [0.15, 0.2) is 107 Å². The zero-order valence-electron chi connectivity index (χ0n) is 20.6. The molecule has 0 aliphatic heterocycles. The molecule has 0 unspecified atom stereocenters. The van der Waals surface area contributed by atoms with Crippen molar-refractivity contribution in [2.75, 3.05) is 7.05 Å². The van der Waals surface area contributed by atoms with Gasteiger partial charge in [-0.2, -0.15) is 23.4 Å². The van der Waals surface area contributed by atoms with Crippen LogP contribution in [0.25, 0.3) is 0 Å². The Balaban J connectivity index is 0. The Morgan fingerprint density at radius 2 is 1.74 bits per heavy atom. The lowest BCUT2D eigenvalue weighted by atomic mass is 10.0. The van der Waals surface area contributed by atoms with E-state index < -0.39 is 11.7 Å². The molecule has 0 fully saturated rings. The summed E-state index contributed by atoms with van der Waals surface area (Å²) in [6, 6.07) is 4.50. The molecule has 0 saturated carbocycles. The van der Waals surface area contributed by atoms with Gasteiger partial charge < -0.3 is 5.73 Å². The van der Waals surface area contributed by atoms with E-state index in [9.17, 15) is 18.0 Å². The molecule has 1 aliphatic rings. The van der Waals surface area contributed by atoms with Gasteiger partial charge in [0.05, 0.1) is 11.3 Å². The van der Waals surface area contributed by atoms with Crippen LogP contribution in [0, 0.1) is 0 Å². The van der Waals surface area contributed by atoms with Crippen molar-refractivity contribution in [3.05, 3.63) is 102 Å². The second kappa shape index (κ2) is 20.1. The summed E-state index contributed by atoms with van der Waals surface area (Å²) in [4.78, 5) is 9.22. The predicted octanol–water partition coefficient (Wildman–Crippen LogP) is 8.44. The number of amides is 1. The summed E-state index contributed by atoms with van der Waals surface area (Å²) in [6.07, 6.45) is 16.6. The Morgan fingerprint density at radius 1 is 1.15 bits per heavy atom. The summed E-state index contributed by atoms with van der Waals surface area (Å²) in [5.74, 6) is -0.333. The van der Waals surface area contributed by atoms with Gasteiger partial charge in [-0.1, -0.05) is 82.0 Å². The van der Waals surface area contributed by atoms with Gasteiger partial charge in [0.25, 0.3) is 0 Å². The van der Waals surface area contributed by atoms with E-state index >= 15 is 0 Å². The molecule has 186 valence electrons. The molecule has 34 heavy (non-hydrogen) atoms. The number of azo groups is 1. The zero-order valence-corrected chi connectivity index (χ0v) is 20.6. The van der Waals surface area contributed by atoms with Gasteiger partial charge >= 0.3 is 6.18 Å². The van der Waals surface area contributed by atoms with Crippen LogP contribution in [0.4, 0.5) is 18.9 Å². The van der Waals surface area contributed by atoms with E-state index in [1.807, 2.05) is 19.9 Å². The largest absolute Gasteiger partial charge is 0.416 e. The first-order chi connectivity index (χ1) is 16.1. The lowest BCUT2D eigenvalue weighted by Gasteiger charge is -2.05. The van der Waals surface area contributed by atoms with Crippen molar-refractivity contribution in [2.24, 2.45) is 16.0 Å². The second-order valence-electron chi connectivity index (χ2n) is 6.33. The molecule has 0 saturated heterocycles. The Morgan fingerprint density at radius 3 is 2.21 bits per heavy atom. The zero-order chi connectivity index (χ0) is 26.4. The number of nitrogens with zero attached hydrogens (tertiary/aromatic N) is 2. The number of allylic oxidation sites excluding steroid dienone is 11. The Labute approximate surface area is 201 Å². The van der Waals surface area contributed by atoms with Gasteiger partial charge in [-0.3, -0.25) is 4.79 Å². The van der Waals surface area contributed by atoms with Crippen LogP contribution in [0.3, 0.4) is 0 Å². The average molecular weight is 476 g/mol. The van der Waals surface area contributed by atoms with Crippen molar-refractivity contribution >= 4 is 11.6 Å². The van der Waals surface area contributed by atoms with Crippen molar-refractivity contribution in [2.45, 2.75) is 46.7 Å². The molecule has 0 aromatic heterocycles. The molecule has 4 nitrogen and oxygen atoms in total. The number of hydrogen-bond donors (Lipinski definition) is 1.